The average molecular weight is 316 g/mol. The SMILES string of the molecule is NC1=Nc2ccc([N+](=O)[O-])cc2C(c2c(F)cccc2F)=NC1. The molecule has 0 aromatic heterocycles. The highest BCUT2D eigenvalue weighted by molar-refractivity contribution is 6.17. The Balaban J connectivity index is 2.29. The molecule has 0 aliphatic carbocycles. The number of halogens is 2. The zero-order valence-corrected chi connectivity index (χ0v) is 11.7. The molecule has 0 bridgehead atoms. The van der Waals surface area contributed by atoms with Crippen molar-refractivity contribution in [3.05, 3.63) is 69.3 Å². The fourth-order valence-corrected chi connectivity index (χ4v) is 2.30. The summed E-state index contributed by atoms with van der Waals surface area (Å²) in [5.41, 5.74) is 5.47. The van der Waals surface area contributed by atoms with Crippen LogP contribution in [0.15, 0.2) is 46.4 Å². The topological polar surface area (TPSA) is 93.9 Å². The molecular formula is C15H10F2N4O2. The van der Waals surface area contributed by atoms with Crippen LogP contribution < -0.4 is 5.73 Å². The molecule has 1 heterocycles. The van der Waals surface area contributed by atoms with Gasteiger partial charge in [0.25, 0.3) is 5.69 Å². The van der Waals surface area contributed by atoms with Crippen LogP contribution in [0, 0.1) is 21.7 Å². The van der Waals surface area contributed by atoms with Gasteiger partial charge in [-0.15, -0.1) is 0 Å². The van der Waals surface area contributed by atoms with Gasteiger partial charge in [-0.2, -0.15) is 0 Å². The first kappa shape index (κ1) is 14.8. The van der Waals surface area contributed by atoms with Gasteiger partial charge in [0.1, 0.15) is 17.5 Å². The van der Waals surface area contributed by atoms with Gasteiger partial charge < -0.3 is 5.73 Å². The fraction of sp³-hybridized carbons (Fsp3) is 0.0667. The number of rotatable bonds is 2. The van der Waals surface area contributed by atoms with E-state index in [1.54, 1.807) is 0 Å². The van der Waals surface area contributed by atoms with Crippen LogP contribution in [-0.2, 0) is 0 Å². The summed E-state index contributed by atoms with van der Waals surface area (Å²) in [6.07, 6.45) is 0. The van der Waals surface area contributed by atoms with Crippen molar-refractivity contribution in [3.8, 4) is 0 Å². The van der Waals surface area contributed by atoms with E-state index in [0.29, 0.717) is 0 Å². The second-order valence-electron chi connectivity index (χ2n) is 4.82. The number of fused-ring (bicyclic) bond motifs is 1. The highest BCUT2D eigenvalue weighted by Crippen LogP contribution is 2.30. The number of nitro groups is 1. The molecule has 116 valence electrons. The minimum absolute atomic E-state index is 0.0523. The third-order valence-corrected chi connectivity index (χ3v) is 3.31. The second kappa shape index (κ2) is 5.56. The lowest BCUT2D eigenvalue weighted by Crippen LogP contribution is -2.15. The number of amidine groups is 1. The largest absolute Gasteiger partial charge is 0.386 e. The van der Waals surface area contributed by atoms with E-state index in [-0.39, 0.29) is 40.6 Å². The van der Waals surface area contributed by atoms with E-state index in [9.17, 15) is 18.9 Å². The minimum Gasteiger partial charge on any atom is -0.386 e. The summed E-state index contributed by atoms with van der Waals surface area (Å²) in [6.45, 7) is -0.0639. The zero-order valence-electron chi connectivity index (χ0n) is 11.7. The standard InChI is InChI=1S/C15H10F2N4O2/c16-10-2-1-3-11(17)14(10)15-9-6-8(21(22)23)4-5-12(9)20-13(18)7-19-15/h1-6H,7H2,(H2,18,20). The summed E-state index contributed by atoms with van der Waals surface area (Å²) in [4.78, 5) is 18.6. The molecule has 6 nitrogen and oxygen atoms in total. The Labute approximate surface area is 129 Å². The Bertz CT molecular complexity index is 858. The predicted octanol–water partition coefficient (Wildman–Crippen LogP) is 2.71. The van der Waals surface area contributed by atoms with Gasteiger partial charge in [0, 0.05) is 17.7 Å². The van der Waals surface area contributed by atoms with Crippen LogP contribution in [-0.4, -0.2) is 23.0 Å². The van der Waals surface area contributed by atoms with Crippen molar-refractivity contribution in [2.75, 3.05) is 6.54 Å². The van der Waals surface area contributed by atoms with Crippen molar-refractivity contribution in [2.24, 2.45) is 15.7 Å². The van der Waals surface area contributed by atoms with Crippen LogP contribution >= 0.6 is 0 Å². The third-order valence-electron chi connectivity index (χ3n) is 3.31. The molecule has 0 fully saturated rings. The molecule has 3 rings (SSSR count). The van der Waals surface area contributed by atoms with Crippen LogP contribution in [0.2, 0.25) is 0 Å². The third kappa shape index (κ3) is 2.66. The molecule has 0 amide bonds. The van der Waals surface area contributed by atoms with Gasteiger partial charge in [-0.1, -0.05) is 6.07 Å². The summed E-state index contributed by atoms with van der Waals surface area (Å²) in [7, 11) is 0. The summed E-state index contributed by atoms with van der Waals surface area (Å²) in [5.74, 6) is -1.49. The number of nitrogens with two attached hydrogens (primary N) is 1. The van der Waals surface area contributed by atoms with E-state index >= 15 is 0 Å². The van der Waals surface area contributed by atoms with Crippen molar-refractivity contribution in [1.82, 2.24) is 0 Å². The molecule has 23 heavy (non-hydrogen) atoms. The molecule has 2 aromatic rings. The zero-order chi connectivity index (χ0) is 16.6. The smallest absolute Gasteiger partial charge is 0.270 e. The number of benzene rings is 2. The summed E-state index contributed by atoms with van der Waals surface area (Å²) in [5, 5.41) is 11.0. The molecule has 0 spiro atoms. The van der Waals surface area contributed by atoms with Crippen molar-refractivity contribution < 1.29 is 13.7 Å². The second-order valence-corrected chi connectivity index (χ2v) is 4.82. The lowest BCUT2D eigenvalue weighted by Gasteiger charge is -2.10. The molecule has 1 aliphatic rings. The van der Waals surface area contributed by atoms with Gasteiger partial charge >= 0.3 is 0 Å². The molecule has 1 aliphatic heterocycles. The number of nitrogens with zero attached hydrogens (tertiary/aromatic N) is 3. The van der Waals surface area contributed by atoms with E-state index < -0.39 is 16.6 Å². The normalized spacial score (nSPS) is 13.7. The van der Waals surface area contributed by atoms with Crippen molar-refractivity contribution in [2.45, 2.75) is 0 Å². The van der Waals surface area contributed by atoms with Crippen LogP contribution in [0.5, 0.6) is 0 Å². The lowest BCUT2D eigenvalue weighted by atomic mass is 9.99. The van der Waals surface area contributed by atoms with Gasteiger partial charge in [0.2, 0.25) is 0 Å². The quantitative estimate of drug-likeness (QED) is 0.681. The number of hydrogen-bond donors (Lipinski definition) is 1. The highest BCUT2D eigenvalue weighted by atomic mass is 19.1. The Morgan fingerprint density at radius 2 is 1.87 bits per heavy atom. The van der Waals surface area contributed by atoms with Crippen LogP contribution in [0.25, 0.3) is 0 Å². The first-order chi connectivity index (χ1) is 11.0. The minimum atomic E-state index is -0.818. The Kier molecular flexibility index (Phi) is 3.57. The van der Waals surface area contributed by atoms with E-state index in [1.165, 1.54) is 24.3 Å². The van der Waals surface area contributed by atoms with Crippen LogP contribution in [0.1, 0.15) is 11.1 Å². The lowest BCUT2D eigenvalue weighted by molar-refractivity contribution is -0.384. The maximum Gasteiger partial charge on any atom is 0.270 e. The predicted molar refractivity (Wildman–Crippen MR) is 81.2 cm³/mol. The van der Waals surface area contributed by atoms with Gasteiger partial charge in [-0.3, -0.25) is 15.1 Å². The van der Waals surface area contributed by atoms with E-state index in [2.05, 4.69) is 9.98 Å². The first-order valence-electron chi connectivity index (χ1n) is 6.58. The molecule has 0 unspecified atom stereocenters. The van der Waals surface area contributed by atoms with E-state index in [0.717, 1.165) is 12.1 Å². The molecule has 2 N–H and O–H groups in total. The fourth-order valence-electron chi connectivity index (χ4n) is 2.30. The Morgan fingerprint density at radius 3 is 2.52 bits per heavy atom. The van der Waals surface area contributed by atoms with E-state index in [1.807, 2.05) is 0 Å². The molecule has 2 aromatic carbocycles. The van der Waals surface area contributed by atoms with E-state index in [4.69, 9.17) is 5.73 Å². The maximum absolute atomic E-state index is 14.1. The van der Waals surface area contributed by atoms with Gasteiger partial charge in [-0.05, 0) is 18.2 Å². The van der Waals surface area contributed by atoms with Crippen LogP contribution in [0.3, 0.4) is 0 Å². The number of non-ortho nitro benzene ring substituents is 1. The average Bonchev–Trinajstić information content (AvgIpc) is 2.65. The van der Waals surface area contributed by atoms with Gasteiger partial charge in [-0.25, -0.2) is 13.8 Å². The Morgan fingerprint density at radius 1 is 1.17 bits per heavy atom. The van der Waals surface area contributed by atoms with Gasteiger partial charge in [0.05, 0.1) is 28.4 Å². The van der Waals surface area contributed by atoms with Crippen molar-refractivity contribution in [1.29, 1.82) is 0 Å². The first-order valence-corrected chi connectivity index (χ1v) is 6.58. The van der Waals surface area contributed by atoms with Crippen LogP contribution in [0.4, 0.5) is 20.2 Å². The van der Waals surface area contributed by atoms with Crippen molar-refractivity contribution in [3.63, 3.8) is 0 Å². The molecule has 0 saturated heterocycles. The highest BCUT2D eigenvalue weighted by Gasteiger charge is 2.23. The number of hydrogen-bond acceptors (Lipinski definition) is 5. The molecule has 0 atom stereocenters. The van der Waals surface area contributed by atoms with Crippen molar-refractivity contribution >= 4 is 22.9 Å². The molecule has 8 heteroatoms. The Hall–Kier alpha value is -3.16. The summed E-state index contributed by atoms with van der Waals surface area (Å²) < 4.78 is 28.2. The molecular weight excluding hydrogens is 306 g/mol. The maximum atomic E-state index is 14.1. The summed E-state index contributed by atoms with van der Waals surface area (Å²) in [6, 6.07) is 7.21. The number of aliphatic imine (C=N–C) groups is 2. The molecule has 0 radical (unpaired) electrons. The van der Waals surface area contributed by atoms with Gasteiger partial charge in [0.15, 0.2) is 0 Å². The number of nitro benzene ring substituents is 1. The summed E-state index contributed by atoms with van der Waals surface area (Å²) >= 11 is 0. The molecule has 0 saturated carbocycles. The monoisotopic (exact) mass is 316 g/mol.